The lowest BCUT2D eigenvalue weighted by Gasteiger charge is -1.91. The molecule has 0 radical (unpaired) electrons. The third-order valence-electron chi connectivity index (χ3n) is 0.953. The minimum atomic E-state index is -2.42. The molecule has 0 aromatic heterocycles. The average molecular weight is 165 g/mol. The van der Waals surface area contributed by atoms with Gasteiger partial charge in [-0.05, 0) is 10.9 Å². The fraction of sp³-hybridized carbons (Fsp3) is 1.00. The zero-order valence-electron chi connectivity index (χ0n) is 5.91. The van der Waals surface area contributed by atoms with E-state index < -0.39 is 10.5 Å². The monoisotopic (exact) mass is 165 g/mol. The fourth-order valence-electron chi connectivity index (χ4n) is 0.497. The number of unbranched alkanes of at least 4 members (excludes halogenated alkanes) is 2. The van der Waals surface area contributed by atoms with E-state index in [9.17, 15) is 8.42 Å². The zero-order valence-corrected chi connectivity index (χ0v) is 6.73. The first-order valence-electron chi connectivity index (χ1n) is 3.19. The first-order valence-corrected chi connectivity index (χ1v) is 4.23. The maximum absolute atomic E-state index is 9.74. The Kier molecular flexibility index (Phi) is 6.42. The van der Waals surface area contributed by atoms with E-state index in [4.69, 9.17) is 0 Å². The second-order valence-electron chi connectivity index (χ2n) is 1.83. The van der Waals surface area contributed by atoms with Crippen LogP contribution in [0, 0.1) is 0 Å². The lowest BCUT2D eigenvalue weighted by molar-refractivity contribution is 0.144. The Hall–Kier alpha value is -0.420. The van der Waals surface area contributed by atoms with Gasteiger partial charge in [0.2, 0.25) is 0 Å². The van der Waals surface area contributed by atoms with Crippen LogP contribution in [0.15, 0.2) is 4.53 Å². The topological polar surface area (TPSA) is 55.7 Å². The predicted molar refractivity (Wildman–Crippen MR) is 36.8 cm³/mol. The molecule has 0 spiro atoms. The molecule has 10 heavy (non-hydrogen) atoms. The molecule has 0 amide bonds. The van der Waals surface area contributed by atoms with Crippen LogP contribution in [0.2, 0.25) is 0 Å². The van der Waals surface area contributed by atoms with Crippen molar-refractivity contribution in [3.8, 4) is 0 Å². The molecule has 0 N–H and O–H groups in total. The van der Waals surface area contributed by atoms with Crippen LogP contribution in [0.5, 0.6) is 0 Å². The molecule has 0 aliphatic rings. The highest BCUT2D eigenvalue weighted by Crippen LogP contribution is 1.93. The van der Waals surface area contributed by atoms with Crippen LogP contribution >= 0.6 is 0 Å². The quantitative estimate of drug-likeness (QED) is 0.454. The minimum Gasteiger partial charge on any atom is -0.238 e. The van der Waals surface area contributed by atoms with Crippen LogP contribution in [0.4, 0.5) is 0 Å². The molecule has 0 bridgehead atoms. The summed E-state index contributed by atoms with van der Waals surface area (Å²) in [6.07, 6.45) is 2.99. The molecular formula is C5H11NO3S. The highest BCUT2D eigenvalue weighted by molar-refractivity contribution is 7.61. The summed E-state index contributed by atoms with van der Waals surface area (Å²) < 4.78 is 22.3. The fourth-order valence-corrected chi connectivity index (χ4v) is 0.658. The molecule has 0 aliphatic heterocycles. The number of hydrogen-bond donors (Lipinski definition) is 0. The second-order valence-corrected chi connectivity index (χ2v) is 2.42. The lowest BCUT2D eigenvalue weighted by atomic mass is 10.3. The maximum Gasteiger partial charge on any atom is 0.338 e. The molecule has 0 saturated carbocycles. The molecule has 0 heterocycles. The summed E-state index contributed by atoms with van der Waals surface area (Å²) in [5, 5.41) is 0. The summed E-state index contributed by atoms with van der Waals surface area (Å²) in [5.41, 5.74) is 0. The van der Waals surface area contributed by atoms with Crippen molar-refractivity contribution in [1.82, 2.24) is 0 Å². The van der Waals surface area contributed by atoms with E-state index in [2.05, 4.69) is 16.3 Å². The van der Waals surface area contributed by atoms with Gasteiger partial charge in [0, 0.05) is 0 Å². The van der Waals surface area contributed by atoms with Gasteiger partial charge in [-0.15, -0.1) is 0 Å². The smallest absolute Gasteiger partial charge is 0.238 e. The molecular weight excluding hydrogens is 154 g/mol. The van der Waals surface area contributed by atoms with Crippen LogP contribution in [-0.4, -0.2) is 15.0 Å². The average Bonchev–Trinajstić information content (AvgIpc) is 1.87. The Labute approximate surface area is 61.9 Å². The molecule has 0 atom stereocenters. The van der Waals surface area contributed by atoms with Gasteiger partial charge in [0.05, 0.1) is 6.61 Å². The molecule has 0 aromatic rings. The van der Waals surface area contributed by atoms with E-state index in [1.165, 1.54) is 0 Å². The van der Waals surface area contributed by atoms with Gasteiger partial charge < -0.3 is 0 Å². The summed E-state index contributed by atoms with van der Waals surface area (Å²) in [5.74, 6) is 0. The number of rotatable bonds is 5. The molecule has 0 rings (SSSR count). The summed E-state index contributed by atoms with van der Waals surface area (Å²) >= 11 is 0. The van der Waals surface area contributed by atoms with Gasteiger partial charge in [0.15, 0.2) is 0 Å². The van der Waals surface area contributed by atoms with Gasteiger partial charge in [0.1, 0.15) is 0 Å². The Morgan fingerprint density at radius 2 is 2.10 bits per heavy atom. The summed E-state index contributed by atoms with van der Waals surface area (Å²) in [6.45, 7) is 2.45. The summed E-state index contributed by atoms with van der Waals surface area (Å²) in [7, 11) is -2.42. The van der Waals surface area contributed by atoms with Crippen molar-refractivity contribution < 1.29 is 13.3 Å². The first kappa shape index (κ1) is 9.58. The standard InChI is InChI=1S/C5H11NO3S/c1-2-3-4-5-9-6-10(7)8/h2-5H2,1H3. The van der Waals surface area contributed by atoms with Gasteiger partial charge in [0.25, 0.3) is 0 Å². The SMILES string of the molecule is CCCCCON=S(=O)=O. The van der Waals surface area contributed by atoms with Crippen molar-refractivity contribution in [2.24, 2.45) is 4.53 Å². The molecule has 0 aliphatic carbocycles. The van der Waals surface area contributed by atoms with Crippen LogP contribution < -0.4 is 0 Å². The zero-order chi connectivity index (χ0) is 7.82. The van der Waals surface area contributed by atoms with E-state index in [0.717, 1.165) is 19.3 Å². The first-order chi connectivity index (χ1) is 4.77. The van der Waals surface area contributed by atoms with Gasteiger partial charge in [-0.3, -0.25) is 0 Å². The molecule has 0 fully saturated rings. The highest BCUT2D eigenvalue weighted by atomic mass is 32.2. The largest absolute Gasteiger partial charge is 0.338 e. The molecule has 0 unspecified atom stereocenters. The van der Waals surface area contributed by atoms with Crippen LogP contribution in [0.25, 0.3) is 0 Å². The Balaban J connectivity index is 3.14. The van der Waals surface area contributed by atoms with Gasteiger partial charge >= 0.3 is 10.5 Å². The van der Waals surface area contributed by atoms with Crippen molar-refractivity contribution >= 4 is 10.5 Å². The minimum absolute atomic E-state index is 0.391. The van der Waals surface area contributed by atoms with Crippen LogP contribution in [-0.2, 0) is 15.3 Å². The van der Waals surface area contributed by atoms with E-state index >= 15 is 0 Å². The van der Waals surface area contributed by atoms with Gasteiger partial charge in [-0.2, -0.15) is 8.42 Å². The Morgan fingerprint density at radius 1 is 1.40 bits per heavy atom. The molecule has 0 saturated heterocycles. The lowest BCUT2D eigenvalue weighted by Crippen LogP contribution is -1.86. The Morgan fingerprint density at radius 3 is 2.60 bits per heavy atom. The summed E-state index contributed by atoms with van der Waals surface area (Å²) in [6, 6.07) is 0. The summed E-state index contributed by atoms with van der Waals surface area (Å²) in [4.78, 5) is 4.41. The predicted octanol–water partition coefficient (Wildman–Crippen LogP) is 1.17. The van der Waals surface area contributed by atoms with E-state index in [-0.39, 0.29) is 0 Å². The molecule has 60 valence electrons. The number of hydrogen-bond acceptors (Lipinski definition) is 4. The van der Waals surface area contributed by atoms with Crippen molar-refractivity contribution in [3.05, 3.63) is 0 Å². The second kappa shape index (κ2) is 6.70. The maximum atomic E-state index is 9.74. The highest BCUT2D eigenvalue weighted by Gasteiger charge is 1.84. The van der Waals surface area contributed by atoms with E-state index in [1.54, 1.807) is 0 Å². The van der Waals surface area contributed by atoms with Crippen LogP contribution in [0.3, 0.4) is 0 Å². The third kappa shape index (κ3) is 7.58. The van der Waals surface area contributed by atoms with Gasteiger partial charge in [-0.1, -0.05) is 19.8 Å². The van der Waals surface area contributed by atoms with Crippen molar-refractivity contribution in [3.63, 3.8) is 0 Å². The molecule has 4 nitrogen and oxygen atoms in total. The molecule has 5 heteroatoms. The van der Waals surface area contributed by atoms with E-state index in [1.807, 2.05) is 0 Å². The van der Waals surface area contributed by atoms with Crippen LogP contribution in [0.1, 0.15) is 26.2 Å². The van der Waals surface area contributed by atoms with Crippen molar-refractivity contribution in [2.45, 2.75) is 26.2 Å². The van der Waals surface area contributed by atoms with Gasteiger partial charge in [-0.25, -0.2) is 4.84 Å². The third-order valence-corrected chi connectivity index (χ3v) is 1.18. The van der Waals surface area contributed by atoms with E-state index in [0.29, 0.717) is 6.61 Å². The number of nitrogens with zero attached hydrogens (tertiary/aromatic N) is 1. The molecule has 0 aromatic carbocycles. The van der Waals surface area contributed by atoms with Crippen molar-refractivity contribution in [1.29, 1.82) is 0 Å². The normalized spacial score (nSPS) is 9.30. The Bertz CT molecular complexity index is 177. The van der Waals surface area contributed by atoms with Crippen molar-refractivity contribution in [2.75, 3.05) is 6.61 Å².